The van der Waals surface area contributed by atoms with Gasteiger partial charge < -0.3 is 23.7 Å². The number of hydrogen-bond donors (Lipinski definition) is 0. The van der Waals surface area contributed by atoms with Crippen molar-refractivity contribution in [2.45, 2.75) is 24.8 Å². The summed E-state index contributed by atoms with van der Waals surface area (Å²) in [6, 6.07) is 16.0. The third-order valence-electron chi connectivity index (χ3n) is 8.22. The zero-order chi connectivity index (χ0) is 28.4. The summed E-state index contributed by atoms with van der Waals surface area (Å²) in [5.41, 5.74) is 2.83. The first kappa shape index (κ1) is 27.0. The Balaban J connectivity index is 0.000000548. The number of carbonyl (C=O) groups is 3. The second kappa shape index (κ2) is 11.4. The summed E-state index contributed by atoms with van der Waals surface area (Å²) in [7, 11) is 1.33. The highest BCUT2D eigenvalue weighted by Crippen LogP contribution is 2.36. The van der Waals surface area contributed by atoms with Gasteiger partial charge in [-0.2, -0.15) is 0 Å². The van der Waals surface area contributed by atoms with Crippen molar-refractivity contribution in [2.24, 2.45) is 10.9 Å². The first-order valence-electron chi connectivity index (χ1n) is 14.1. The zero-order valence-electron chi connectivity index (χ0n) is 23.2. The normalized spacial score (nSPS) is 21.1. The predicted molar refractivity (Wildman–Crippen MR) is 152 cm³/mol. The Hall–Kier alpha value is -4.18. The quantitative estimate of drug-likeness (QED) is 0.442. The van der Waals surface area contributed by atoms with Gasteiger partial charge in [0.15, 0.2) is 5.54 Å². The van der Waals surface area contributed by atoms with E-state index in [2.05, 4.69) is 6.07 Å². The smallest absolute Gasteiger partial charge is 0.409 e. The SMILES string of the molecule is C1CCOC1.COC(=O)N1CC2(C1)N=C(c1ccc(-c3ccc4occc4c3)cc1)N(C[C@@H]1CCN(C=O)C1)C2=O. The van der Waals surface area contributed by atoms with Crippen LogP contribution in [0.4, 0.5) is 4.79 Å². The molecule has 7 rings (SSSR count). The molecule has 5 heterocycles. The summed E-state index contributed by atoms with van der Waals surface area (Å²) in [4.78, 5) is 46.6. The van der Waals surface area contributed by atoms with E-state index in [1.54, 1.807) is 16.1 Å². The fraction of sp³-hybridized carbons (Fsp3) is 0.419. The first-order chi connectivity index (χ1) is 20.0. The highest BCUT2D eigenvalue weighted by Gasteiger charge is 2.58. The fourth-order valence-electron chi connectivity index (χ4n) is 5.93. The van der Waals surface area contributed by atoms with Crippen LogP contribution in [0, 0.1) is 5.92 Å². The van der Waals surface area contributed by atoms with Crippen LogP contribution in [0.25, 0.3) is 22.1 Å². The van der Waals surface area contributed by atoms with Crippen LogP contribution in [0.2, 0.25) is 0 Å². The predicted octanol–water partition coefficient (Wildman–Crippen LogP) is 3.78. The maximum absolute atomic E-state index is 13.6. The van der Waals surface area contributed by atoms with Crippen LogP contribution in [-0.2, 0) is 19.1 Å². The number of methoxy groups -OCH3 is 1. The van der Waals surface area contributed by atoms with Gasteiger partial charge in [0, 0.05) is 43.8 Å². The molecule has 0 saturated carbocycles. The molecule has 4 aliphatic heterocycles. The van der Waals surface area contributed by atoms with E-state index in [0.29, 0.717) is 25.5 Å². The van der Waals surface area contributed by atoms with Crippen LogP contribution < -0.4 is 0 Å². The number of rotatable bonds is 5. The molecule has 10 heteroatoms. The Kier molecular flexibility index (Phi) is 7.49. The van der Waals surface area contributed by atoms with Crippen molar-refractivity contribution in [2.75, 3.05) is 53.0 Å². The molecule has 10 nitrogen and oxygen atoms in total. The van der Waals surface area contributed by atoms with Crippen LogP contribution in [0.15, 0.2) is 64.2 Å². The second-order valence-electron chi connectivity index (χ2n) is 11.0. The van der Waals surface area contributed by atoms with Gasteiger partial charge in [-0.05, 0) is 54.5 Å². The molecule has 214 valence electrons. The Labute approximate surface area is 238 Å². The number of furan rings is 1. The van der Waals surface area contributed by atoms with Crippen molar-refractivity contribution in [1.29, 1.82) is 0 Å². The summed E-state index contributed by atoms with van der Waals surface area (Å²) >= 11 is 0. The van der Waals surface area contributed by atoms with E-state index < -0.39 is 11.6 Å². The number of fused-ring (bicyclic) bond motifs is 1. The summed E-state index contributed by atoms with van der Waals surface area (Å²) in [6.45, 7) is 4.21. The molecule has 0 bridgehead atoms. The number of likely N-dealkylation sites (tertiary alicyclic amines) is 2. The molecule has 1 spiro atoms. The van der Waals surface area contributed by atoms with Crippen LogP contribution >= 0.6 is 0 Å². The molecule has 0 N–H and O–H groups in total. The summed E-state index contributed by atoms with van der Waals surface area (Å²) in [5.74, 6) is 0.694. The molecule has 0 unspecified atom stereocenters. The molecule has 3 saturated heterocycles. The largest absolute Gasteiger partial charge is 0.464 e. The summed E-state index contributed by atoms with van der Waals surface area (Å²) < 4.78 is 15.2. The van der Waals surface area contributed by atoms with E-state index in [0.717, 1.165) is 53.7 Å². The summed E-state index contributed by atoms with van der Waals surface area (Å²) in [6.07, 6.45) is 5.48. The minimum atomic E-state index is -0.975. The topological polar surface area (TPSA) is 105 Å². The van der Waals surface area contributed by atoms with Crippen molar-refractivity contribution >= 4 is 35.2 Å². The molecule has 3 aromatic rings. The van der Waals surface area contributed by atoms with Gasteiger partial charge in [0.05, 0.1) is 26.5 Å². The minimum absolute atomic E-state index is 0.100. The molecular formula is C31H34N4O6. The number of aliphatic imine (C=N–C) groups is 1. The monoisotopic (exact) mass is 558 g/mol. The van der Waals surface area contributed by atoms with Gasteiger partial charge in [-0.15, -0.1) is 0 Å². The van der Waals surface area contributed by atoms with E-state index >= 15 is 0 Å². The Bertz CT molecular complexity index is 1450. The van der Waals surface area contributed by atoms with Gasteiger partial charge in [0.2, 0.25) is 6.41 Å². The van der Waals surface area contributed by atoms with Crippen molar-refractivity contribution in [3.05, 3.63) is 60.4 Å². The zero-order valence-corrected chi connectivity index (χ0v) is 23.2. The van der Waals surface area contributed by atoms with E-state index in [4.69, 9.17) is 18.9 Å². The highest BCUT2D eigenvalue weighted by atomic mass is 16.5. The van der Waals surface area contributed by atoms with E-state index in [1.807, 2.05) is 42.5 Å². The molecule has 1 atom stereocenters. The third-order valence-corrected chi connectivity index (χ3v) is 8.22. The van der Waals surface area contributed by atoms with E-state index in [1.165, 1.54) is 24.9 Å². The highest BCUT2D eigenvalue weighted by molar-refractivity contribution is 6.16. The molecule has 3 fully saturated rings. The first-order valence-corrected chi connectivity index (χ1v) is 14.1. The number of amides is 3. The number of benzene rings is 2. The van der Waals surface area contributed by atoms with Crippen molar-refractivity contribution in [3.8, 4) is 11.1 Å². The summed E-state index contributed by atoms with van der Waals surface area (Å²) in [5, 5.41) is 1.04. The standard InChI is InChI=1S/C27H26N4O5.C4H8O/c1-35-26(34)30-15-27(16-30)25(33)31(14-18-8-10-29(13-18)17-32)24(28-27)20-4-2-19(3-5-20)21-6-7-23-22(12-21)9-11-36-23;1-2-4-5-3-1/h2-7,9,11-12,17-18H,8,10,13-16H2,1H3;1-4H2/t18-;/m1./s1. The van der Waals surface area contributed by atoms with Gasteiger partial charge in [-0.1, -0.05) is 30.3 Å². The third kappa shape index (κ3) is 5.31. The van der Waals surface area contributed by atoms with Crippen molar-refractivity contribution < 1.29 is 28.3 Å². The molecule has 1 aromatic heterocycles. The molecular weight excluding hydrogens is 524 g/mol. The molecule has 0 aliphatic carbocycles. The molecule has 3 amide bonds. The van der Waals surface area contributed by atoms with Gasteiger partial charge in [-0.25, -0.2) is 9.79 Å². The lowest BCUT2D eigenvalue weighted by Gasteiger charge is -2.43. The van der Waals surface area contributed by atoms with Crippen molar-refractivity contribution in [1.82, 2.24) is 14.7 Å². The average Bonchev–Trinajstić information content (AvgIpc) is 3.81. The lowest BCUT2D eigenvalue weighted by atomic mass is 9.90. The maximum atomic E-state index is 13.6. The minimum Gasteiger partial charge on any atom is -0.464 e. The molecule has 4 aliphatic rings. The van der Waals surface area contributed by atoms with Gasteiger partial charge >= 0.3 is 6.09 Å². The van der Waals surface area contributed by atoms with Crippen LogP contribution in [-0.4, -0.2) is 97.5 Å². The van der Waals surface area contributed by atoms with Gasteiger partial charge in [0.1, 0.15) is 11.4 Å². The number of hydrogen-bond acceptors (Lipinski definition) is 7. The number of nitrogens with zero attached hydrogens (tertiary/aromatic N) is 4. The fourth-order valence-corrected chi connectivity index (χ4v) is 5.93. The Morgan fingerprint density at radius 1 is 1.07 bits per heavy atom. The average molecular weight is 559 g/mol. The lowest BCUT2D eigenvalue weighted by Crippen LogP contribution is -2.66. The van der Waals surface area contributed by atoms with E-state index in [9.17, 15) is 14.4 Å². The van der Waals surface area contributed by atoms with Crippen LogP contribution in [0.5, 0.6) is 0 Å². The van der Waals surface area contributed by atoms with Gasteiger partial charge in [0.25, 0.3) is 5.91 Å². The van der Waals surface area contributed by atoms with E-state index in [-0.39, 0.29) is 24.9 Å². The molecule has 0 radical (unpaired) electrons. The Morgan fingerprint density at radius 3 is 2.46 bits per heavy atom. The number of ether oxygens (including phenoxy) is 2. The number of carbonyl (C=O) groups excluding carboxylic acids is 3. The maximum Gasteiger partial charge on any atom is 0.409 e. The van der Waals surface area contributed by atoms with Gasteiger partial charge in [-0.3, -0.25) is 14.5 Å². The molecule has 2 aromatic carbocycles. The van der Waals surface area contributed by atoms with Crippen LogP contribution in [0.3, 0.4) is 0 Å². The van der Waals surface area contributed by atoms with Crippen LogP contribution in [0.1, 0.15) is 24.8 Å². The molecule has 41 heavy (non-hydrogen) atoms. The second-order valence-corrected chi connectivity index (χ2v) is 11.0. The lowest BCUT2D eigenvalue weighted by molar-refractivity contribution is -0.136. The van der Waals surface area contributed by atoms with Crippen molar-refractivity contribution in [3.63, 3.8) is 0 Å². The number of amidine groups is 1. The Morgan fingerprint density at radius 2 is 1.80 bits per heavy atom.